The molecule has 178 valence electrons. The van der Waals surface area contributed by atoms with Crippen molar-refractivity contribution in [3.05, 3.63) is 65.2 Å². The van der Waals surface area contributed by atoms with Crippen LogP contribution in [0.3, 0.4) is 0 Å². The third-order valence-corrected chi connectivity index (χ3v) is 4.84. The molecule has 1 aliphatic rings. The van der Waals surface area contributed by atoms with Crippen molar-refractivity contribution in [2.75, 3.05) is 27.9 Å². The number of hydrogen-bond donors (Lipinski definition) is 0. The molecule has 8 nitrogen and oxygen atoms in total. The van der Waals surface area contributed by atoms with E-state index in [9.17, 15) is 14.0 Å². The predicted octanol–water partition coefficient (Wildman–Crippen LogP) is 3.65. The molecule has 33 heavy (non-hydrogen) atoms. The quantitative estimate of drug-likeness (QED) is 0.413. The second kappa shape index (κ2) is 11.5. The Balaban J connectivity index is 0.000000714. The first-order valence-electron chi connectivity index (χ1n) is 10.5. The van der Waals surface area contributed by atoms with Gasteiger partial charge in [0.25, 0.3) is 5.91 Å². The molecule has 4 rings (SSSR count). The summed E-state index contributed by atoms with van der Waals surface area (Å²) in [5.41, 5.74) is 0.640. The molecule has 1 saturated heterocycles. The van der Waals surface area contributed by atoms with Gasteiger partial charge in [-0.3, -0.25) is 9.59 Å². The van der Waals surface area contributed by atoms with Crippen molar-refractivity contribution < 1.29 is 28.2 Å². The van der Waals surface area contributed by atoms with E-state index in [1.807, 2.05) is 13.8 Å². The van der Waals surface area contributed by atoms with Crippen LogP contribution in [-0.2, 0) is 20.9 Å². The maximum absolute atomic E-state index is 13.8. The Kier molecular flexibility index (Phi) is 9.07. The molecule has 0 spiro atoms. The van der Waals surface area contributed by atoms with Crippen LogP contribution in [0.15, 0.2) is 42.6 Å². The standard InChI is InChI=1S/C20H18FN3O4.C2H6O.C2H6/c1-13-18(19(26)23(2)20(11-25)12-28-20)17-9-15(7-8-24(17)22-13)27-10-14-5-3-4-6-16(14)21;1-3-2;1-2/h3-9,11H,10,12H2,1-2H3;1-2H3;1-2H3. The van der Waals surface area contributed by atoms with Gasteiger partial charge in [0.2, 0.25) is 5.72 Å². The number of ether oxygens (including phenoxy) is 3. The summed E-state index contributed by atoms with van der Waals surface area (Å²) in [4.78, 5) is 25.5. The number of likely N-dealkylation sites (N-methyl/N-ethyl adjacent to an activating group) is 1. The van der Waals surface area contributed by atoms with E-state index in [1.165, 1.54) is 18.0 Å². The van der Waals surface area contributed by atoms with Gasteiger partial charge in [0.1, 0.15) is 24.8 Å². The van der Waals surface area contributed by atoms with E-state index >= 15 is 0 Å². The van der Waals surface area contributed by atoms with Gasteiger partial charge in [0, 0.05) is 39.1 Å². The van der Waals surface area contributed by atoms with Crippen LogP contribution >= 0.6 is 0 Å². The number of fused-ring (bicyclic) bond motifs is 1. The number of methoxy groups -OCH3 is 1. The highest BCUT2D eigenvalue weighted by Gasteiger charge is 2.51. The zero-order valence-electron chi connectivity index (χ0n) is 19.8. The molecule has 1 amide bonds. The third-order valence-electron chi connectivity index (χ3n) is 4.84. The van der Waals surface area contributed by atoms with E-state index in [-0.39, 0.29) is 24.9 Å². The van der Waals surface area contributed by atoms with Crippen LogP contribution in [0.4, 0.5) is 4.39 Å². The number of aromatic nitrogens is 2. The van der Waals surface area contributed by atoms with Gasteiger partial charge in [0.05, 0.1) is 16.8 Å². The fourth-order valence-electron chi connectivity index (χ4n) is 3.03. The Hall–Kier alpha value is -3.30. The Morgan fingerprint density at radius 1 is 1.30 bits per heavy atom. The van der Waals surface area contributed by atoms with Crippen LogP contribution in [0.5, 0.6) is 5.75 Å². The second-order valence-corrected chi connectivity index (χ2v) is 7.06. The minimum Gasteiger partial charge on any atom is -0.489 e. The zero-order valence-corrected chi connectivity index (χ0v) is 19.8. The first-order chi connectivity index (χ1) is 15.9. The summed E-state index contributed by atoms with van der Waals surface area (Å²) in [6.07, 6.45) is 2.29. The van der Waals surface area contributed by atoms with E-state index in [1.54, 1.807) is 62.2 Å². The molecule has 0 bridgehead atoms. The number of aldehydes is 1. The lowest BCUT2D eigenvalue weighted by Crippen LogP contribution is -2.41. The molecule has 1 atom stereocenters. The lowest BCUT2D eigenvalue weighted by molar-refractivity contribution is -0.116. The number of amides is 1. The molecule has 3 aromatic rings. The molecule has 0 saturated carbocycles. The minimum absolute atomic E-state index is 0.0568. The van der Waals surface area contributed by atoms with E-state index in [4.69, 9.17) is 9.47 Å². The highest BCUT2D eigenvalue weighted by molar-refractivity contribution is 6.03. The van der Waals surface area contributed by atoms with Gasteiger partial charge < -0.3 is 19.1 Å². The Labute approximate surface area is 192 Å². The molecule has 0 N–H and O–H groups in total. The molecular formula is C24H30FN3O5. The summed E-state index contributed by atoms with van der Waals surface area (Å²) in [5, 5.41) is 4.34. The summed E-state index contributed by atoms with van der Waals surface area (Å²) < 4.78 is 30.4. The number of carbonyl (C=O) groups is 2. The van der Waals surface area contributed by atoms with E-state index < -0.39 is 5.72 Å². The molecule has 0 radical (unpaired) electrons. The topological polar surface area (TPSA) is 85.7 Å². The van der Waals surface area contributed by atoms with E-state index in [0.717, 1.165) is 0 Å². The molecule has 1 unspecified atom stereocenters. The lowest BCUT2D eigenvalue weighted by Gasteiger charge is -2.20. The number of carbonyl (C=O) groups excluding carboxylic acids is 2. The average molecular weight is 460 g/mol. The number of epoxide rings is 1. The molecular weight excluding hydrogens is 429 g/mol. The smallest absolute Gasteiger partial charge is 0.260 e. The van der Waals surface area contributed by atoms with Crippen molar-refractivity contribution in [3.63, 3.8) is 0 Å². The number of pyridine rings is 1. The Bertz CT molecular complexity index is 1090. The number of halogens is 1. The average Bonchev–Trinajstić information content (AvgIpc) is 3.56. The predicted molar refractivity (Wildman–Crippen MR) is 122 cm³/mol. The summed E-state index contributed by atoms with van der Waals surface area (Å²) in [6.45, 7) is 5.95. The van der Waals surface area contributed by atoms with Crippen LogP contribution < -0.4 is 4.74 Å². The van der Waals surface area contributed by atoms with Crippen molar-refractivity contribution in [1.82, 2.24) is 14.5 Å². The van der Waals surface area contributed by atoms with E-state index in [0.29, 0.717) is 34.4 Å². The Morgan fingerprint density at radius 3 is 2.52 bits per heavy atom. The molecule has 9 heteroatoms. The van der Waals surface area contributed by atoms with Gasteiger partial charge in [-0.05, 0) is 19.1 Å². The molecule has 1 aliphatic heterocycles. The monoisotopic (exact) mass is 459 g/mol. The highest BCUT2D eigenvalue weighted by atomic mass is 19.1. The van der Waals surface area contributed by atoms with Gasteiger partial charge >= 0.3 is 0 Å². The van der Waals surface area contributed by atoms with Crippen molar-refractivity contribution in [2.45, 2.75) is 33.1 Å². The third kappa shape index (κ3) is 5.74. The van der Waals surface area contributed by atoms with Gasteiger partial charge in [-0.2, -0.15) is 5.10 Å². The maximum atomic E-state index is 13.8. The SMILES string of the molecule is CC.COC.Cc1nn2ccc(OCc3ccccc3F)cc2c1C(=O)N(C)C1(C=O)CO1. The van der Waals surface area contributed by atoms with E-state index in [2.05, 4.69) is 9.84 Å². The van der Waals surface area contributed by atoms with Crippen LogP contribution in [-0.4, -0.2) is 60.3 Å². The van der Waals surface area contributed by atoms with Gasteiger partial charge in [-0.1, -0.05) is 32.0 Å². The van der Waals surface area contributed by atoms with Crippen LogP contribution in [0.25, 0.3) is 5.52 Å². The number of benzene rings is 1. The normalized spacial score (nSPS) is 16.1. The van der Waals surface area contributed by atoms with Gasteiger partial charge in [0.15, 0.2) is 6.29 Å². The number of rotatable bonds is 6. The van der Waals surface area contributed by atoms with Crippen LogP contribution in [0.2, 0.25) is 0 Å². The maximum Gasteiger partial charge on any atom is 0.260 e. The van der Waals surface area contributed by atoms with Gasteiger partial charge in [-0.15, -0.1) is 0 Å². The largest absolute Gasteiger partial charge is 0.489 e. The fraction of sp³-hybridized carbons (Fsp3) is 0.375. The summed E-state index contributed by atoms with van der Waals surface area (Å²) >= 11 is 0. The molecule has 3 heterocycles. The number of nitrogens with zero attached hydrogens (tertiary/aromatic N) is 3. The van der Waals surface area contributed by atoms with Gasteiger partial charge in [-0.25, -0.2) is 8.91 Å². The molecule has 2 aromatic heterocycles. The summed E-state index contributed by atoms with van der Waals surface area (Å²) in [5.74, 6) is -0.242. The minimum atomic E-state index is -1.20. The molecule has 1 fully saturated rings. The summed E-state index contributed by atoms with van der Waals surface area (Å²) in [7, 11) is 4.77. The first-order valence-corrected chi connectivity index (χ1v) is 10.5. The zero-order chi connectivity index (χ0) is 24.6. The molecule has 0 aliphatic carbocycles. The fourth-order valence-corrected chi connectivity index (χ4v) is 3.03. The van der Waals surface area contributed by atoms with Crippen molar-refractivity contribution in [1.29, 1.82) is 0 Å². The highest BCUT2D eigenvalue weighted by Crippen LogP contribution is 2.31. The summed E-state index contributed by atoms with van der Waals surface area (Å²) in [6, 6.07) is 9.73. The molecule has 1 aromatic carbocycles. The lowest BCUT2D eigenvalue weighted by atomic mass is 10.1. The number of aryl methyl sites for hydroxylation is 1. The second-order valence-electron chi connectivity index (χ2n) is 7.06. The van der Waals surface area contributed by atoms with Crippen molar-refractivity contribution in [2.24, 2.45) is 0 Å². The van der Waals surface area contributed by atoms with Crippen molar-refractivity contribution >= 4 is 17.7 Å². The van der Waals surface area contributed by atoms with Crippen LogP contribution in [0.1, 0.15) is 35.5 Å². The number of hydrogen-bond acceptors (Lipinski definition) is 6. The van der Waals surface area contributed by atoms with Crippen LogP contribution in [0, 0.1) is 12.7 Å². The first kappa shape index (κ1) is 26.0. The Morgan fingerprint density at radius 2 is 1.94 bits per heavy atom. The van der Waals surface area contributed by atoms with Crippen molar-refractivity contribution in [3.8, 4) is 5.75 Å².